The van der Waals surface area contributed by atoms with E-state index in [1.165, 1.54) is 4.90 Å². The van der Waals surface area contributed by atoms with Crippen LogP contribution in [0.3, 0.4) is 0 Å². The van der Waals surface area contributed by atoms with Crippen LogP contribution in [-0.2, 0) is 40.4 Å². The standard InChI is InChI=1S/C42H55N3O9S/c1-25-9-7-8-10-28-22-42(28,39(49)44-55(50,51)41(6)15-16-41)23-34(46)33-20-29(53-37-31-12-11-27-14-18-52-36(27)30(31)13-17-43-37)24-45(33)38(48)32(26(2)19-25)21-35(47)54-40(3,4)5/h8,10-13,17,25-26,28-29,32-33H,7,9,14-16,18-24H2,1-6H3,(H,44,49)/b10-8-/t25-,26+,28+,29+,32-,33-,42+/m0/s1. The summed E-state index contributed by atoms with van der Waals surface area (Å²) in [6.07, 6.45) is 9.06. The number of amides is 2. The minimum Gasteiger partial charge on any atom is -0.492 e. The topological polar surface area (TPSA) is 158 Å². The van der Waals surface area contributed by atoms with Gasteiger partial charge in [-0.25, -0.2) is 13.4 Å². The molecule has 3 aliphatic heterocycles. The maximum atomic E-state index is 14.9. The summed E-state index contributed by atoms with van der Waals surface area (Å²) in [5.41, 5.74) is -0.895. The molecule has 0 spiro atoms. The van der Waals surface area contributed by atoms with Gasteiger partial charge in [0.2, 0.25) is 27.7 Å². The van der Waals surface area contributed by atoms with Gasteiger partial charge < -0.3 is 19.1 Å². The Morgan fingerprint density at radius 3 is 2.58 bits per heavy atom. The van der Waals surface area contributed by atoms with Crippen LogP contribution < -0.4 is 14.2 Å². The smallest absolute Gasteiger partial charge is 0.307 e. The molecule has 12 nitrogen and oxygen atoms in total. The molecule has 1 N–H and O–H groups in total. The van der Waals surface area contributed by atoms with Crippen molar-refractivity contribution < 1.29 is 41.8 Å². The van der Waals surface area contributed by atoms with Crippen LogP contribution in [0.5, 0.6) is 11.6 Å². The van der Waals surface area contributed by atoms with E-state index in [1.54, 1.807) is 33.9 Å². The Bertz CT molecular complexity index is 2020. The molecule has 0 radical (unpaired) electrons. The van der Waals surface area contributed by atoms with Gasteiger partial charge in [-0.15, -0.1) is 0 Å². The maximum absolute atomic E-state index is 14.9. The number of carbonyl (C=O) groups excluding carboxylic acids is 4. The summed E-state index contributed by atoms with van der Waals surface area (Å²) in [4.78, 5) is 63.0. The number of fused-ring (bicyclic) bond motifs is 5. The van der Waals surface area contributed by atoms with E-state index in [-0.39, 0.29) is 55.3 Å². The molecule has 0 unspecified atom stereocenters. The van der Waals surface area contributed by atoms with Gasteiger partial charge in [-0.2, -0.15) is 0 Å². The Morgan fingerprint density at radius 2 is 1.85 bits per heavy atom. The molecule has 1 aromatic carbocycles. The molecule has 5 aliphatic rings. The van der Waals surface area contributed by atoms with Gasteiger partial charge in [0.15, 0.2) is 5.78 Å². The Morgan fingerprint density at radius 1 is 1.09 bits per heavy atom. The number of carbonyl (C=O) groups is 4. The second-order valence-electron chi connectivity index (χ2n) is 18.1. The summed E-state index contributed by atoms with van der Waals surface area (Å²) in [5, 5.41) is 1.63. The van der Waals surface area contributed by atoms with Crippen molar-refractivity contribution in [3.05, 3.63) is 42.1 Å². The van der Waals surface area contributed by atoms with Crippen molar-refractivity contribution in [2.75, 3.05) is 13.2 Å². The number of rotatable bonds is 7. The third-order valence-corrected chi connectivity index (χ3v) is 14.6. The molecular weight excluding hydrogens is 723 g/mol. The monoisotopic (exact) mass is 777 g/mol. The minimum atomic E-state index is -3.95. The van der Waals surface area contributed by atoms with Crippen LogP contribution in [0.2, 0.25) is 0 Å². The first-order valence-corrected chi connectivity index (χ1v) is 21.4. The van der Waals surface area contributed by atoms with E-state index in [0.29, 0.717) is 38.2 Å². The summed E-state index contributed by atoms with van der Waals surface area (Å²) in [6, 6.07) is 4.87. The van der Waals surface area contributed by atoms with Crippen LogP contribution in [-0.4, -0.2) is 77.5 Å². The Kier molecular flexibility index (Phi) is 10.3. The zero-order valence-corrected chi connectivity index (χ0v) is 33.7. The lowest BCUT2D eigenvalue weighted by molar-refractivity contribution is -0.160. The van der Waals surface area contributed by atoms with E-state index in [9.17, 15) is 27.6 Å². The molecule has 2 saturated carbocycles. The van der Waals surface area contributed by atoms with Gasteiger partial charge >= 0.3 is 5.97 Å². The quantitative estimate of drug-likeness (QED) is 0.268. The molecule has 3 fully saturated rings. The van der Waals surface area contributed by atoms with E-state index >= 15 is 0 Å². The van der Waals surface area contributed by atoms with Crippen LogP contribution in [0, 0.1) is 29.1 Å². The first kappa shape index (κ1) is 39.2. The number of pyridine rings is 1. The number of aromatic nitrogens is 1. The maximum Gasteiger partial charge on any atom is 0.307 e. The largest absolute Gasteiger partial charge is 0.492 e. The second kappa shape index (κ2) is 14.5. The molecule has 2 amide bonds. The Hall–Kier alpha value is -4.00. The van der Waals surface area contributed by atoms with Gasteiger partial charge in [-0.1, -0.05) is 32.1 Å². The zero-order chi connectivity index (χ0) is 39.5. The number of ketones is 1. The van der Waals surface area contributed by atoms with E-state index in [2.05, 4.69) is 16.6 Å². The van der Waals surface area contributed by atoms with E-state index in [1.807, 2.05) is 37.3 Å². The van der Waals surface area contributed by atoms with Crippen molar-refractivity contribution in [1.29, 1.82) is 0 Å². The van der Waals surface area contributed by atoms with Gasteiger partial charge in [0.05, 0.1) is 41.7 Å². The average Bonchev–Trinajstić information content (AvgIpc) is 3.88. The highest BCUT2D eigenvalue weighted by molar-refractivity contribution is 7.91. The first-order chi connectivity index (χ1) is 25.9. The molecule has 55 heavy (non-hydrogen) atoms. The van der Waals surface area contributed by atoms with Gasteiger partial charge in [0, 0.05) is 36.2 Å². The van der Waals surface area contributed by atoms with Crippen LogP contribution in [0.4, 0.5) is 0 Å². The predicted molar refractivity (Wildman–Crippen MR) is 206 cm³/mol. The molecule has 1 aromatic heterocycles. The second-order valence-corrected chi connectivity index (χ2v) is 20.3. The lowest BCUT2D eigenvalue weighted by Gasteiger charge is -2.32. The van der Waals surface area contributed by atoms with E-state index < -0.39 is 55.7 Å². The first-order valence-electron chi connectivity index (χ1n) is 19.9. The summed E-state index contributed by atoms with van der Waals surface area (Å²) in [6.45, 7) is 11.7. The number of sulfonamides is 1. The van der Waals surface area contributed by atoms with Crippen molar-refractivity contribution in [2.45, 2.75) is 128 Å². The number of Topliss-reactive ketones (excluding diaryl/α,β-unsaturated/α-hetero) is 1. The van der Waals surface area contributed by atoms with Gasteiger partial charge in [0.25, 0.3) is 0 Å². The van der Waals surface area contributed by atoms with E-state index in [0.717, 1.165) is 41.3 Å². The molecule has 1 saturated heterocycles. The number of esters is 1. The Balaban J connectivity index is 1.22. The number of ether oxygens (including phenoxy) is 3. The molecule has 4 heterocycles. The number of benzene rings is 1. The number of allylic oxidation sites excluding steroid dienone is 2. The highest BCUT2D eigenvalue weighted by Gasteiger charge is 2.62. The van der Waals surface area contributed by atoms with Crippen molar-refractivity contribution in [1.82, 2.24) is 14.6 Å². The third kappa shape index (κ3) is 8.00. The van der Waals surface area contributed by atoms with E-state index in [4.69, 9.17) is 14.2 Å². The molecule has 13 heteroatoms. The van der Waals surface area contributed by atoms with Gasteiger partial charge in [-0.05, 0) is 102 Å². The molecule has 7 rings (SSSR count). The fourth-order valence-corrected chi connectivity index (χ4v) is 10.1. The van der Waals surface area contributed by atoms with Crippen LogP contribution in [0.25, 0.3) is 10.8 Å². The molecule has 7 atom stereocenters. The van der Waals surface area contributed by atoms with Crippen LogP contribution in [0.1, 0.15) is 105 Å². The van der Waals surface area contributed by atoms with Gasteiger partial charge in [-0.3, -0.25) is 23.9 Å². The molecule has 0 bridgehead atoms. The zero-order valence-electron chi connectivity index (χ0n) is 32.9. The number of nitrogens with one attached hydrogen (secondary N) is 1. The normalized spacial score (nSPS) is 31.2. The van der Waals surface area contributed by atoms with Crippen LogP contribution in [0.15, 0.2) is 36.5 Å². The van der Waals surface area contributed by atoms with Crippen molar-refractivity contribution in [3.63, 3.8) is 0 Å². The molecule has 2 aliphatic carbocycles. The molecule has 2 aromatic rings. The highest BCUT2D eigenvalue weighted by Crippen LogP contribution is 2.58. The lowest BCUT2D eigenvalue weighted by atomic mass is 9.82. The SMILES string of the molecule is C[C@H]1CC/C=C\[C@@H]2C[C@@]2(C(=O)NS(=O)(=O)C2(C)CC2)CC(=O)[C@@H]2C[C@@H](Oc3nccc4c5c(ccc34)CCO5)CN2C(=O)[C@@H](CC(=O)OC(C)(C)C)[C@H](C)C1. The summed E-state index contributed by atoms with van der Waals surface area (Å²) in [5.74, 6) is -1.76. The summed E-state index contributed by atoms with van der Waals surface area (Å²) >= 11 is 0. The van der Waals surface area contributed by atoms with Gasteiger partial charge in [0.1, 0.15) is 17.5 Å². The van der Waals surface area contributed by atoms with Crippen molar-refractivity contribution in [3.8, 4) is 11.6 Å². The summed E-state index contributed by atoms with van der Waals surface area (Å²) < 4.78 is 46.0. The average molecular weight is 778 g/mol. The Labute approximate surface area is 324 Å². The number of nitrogens with zero attached hydrogens (tertiary/aromatic N) is 2. The highest BCUT2D eigenvalue weighted by atomic mass is 32.2. The summed E-state index contributed by atoms with van der Waals surface area (Å²) in [7, 11) is -3.95. The van der Waals surface area contributed by atoms with Crippen molar-refractivity contribution >= 4 is 44.4 Å². The fraction of sp³-hybridized carbons (Fsp3) is 0.643. The van der Waals surface area contributed by atoms with Crippen molar-refractivity contribution in [2.24, 2.45) is 29.1 Å². The minimum absolute atomic E-state index is 0.0666. The predicted octanol–water partition coefficient (Wildman–Crippen LogP) is 5.84. The lowest BCUT2D eigenvalue weighted by Crippen LogP contribution is -2.48. The molecule has 298 valence electrons. The number of hydrogen-bond donors (Lipinski definition) is 1. The third-order valence-electron chi connectivity index (χ3n) is 12.4. The molecular formula is C42H55N3O9S. The van der Waals surface area contributed by atoms with Crippen LogP contribution >= 0.6 is 0 Å². The number of hydrogen-bond acceptors (Lipinski definition) is 10. The fourth-order valence-electron chi connectivity index (χ4n) is 8.78.